The maximum atomic E-state index is 14.4. The van der Waals surface area contributed by atoms with Crippen LogP contribution >= 0.6 is 0 Å². The van der Waals surface area contributed by atoms with Gasteiger partial charge in [0.15, 0.2) is 11.6 Å². The highest BCUT2D eigenvalue weighted by molar-refractivity contribution is 5.92. The Morgan fingerprint density at radius 1 is 0.909 bits per heavy atom. The Morgan fingerprint density at radius 2 is 1.42 bits per heavy atom. The Hall–Kier alpha value is -4.41. The first-order valence-electron chi connectivity index (χ1n) is 10.2. The molecule has 4 amide bonds. The minimum Gasteiger partial charge on any atom is -0.351 e. The number of urea groups is 2. The van der Waals surface area contributed by atoms with Crippen molar-refractivity contribution in [3.63, 3.8) is 0 Å². The standard InChI is InChI=1S/C22H25FN8O2/c1-3-30(20(24)32)16-9-5-7-14(11-16)27-19-18(23)13-26-22(29-19)28-15-8-6-10-17(12-15)31(4-2)21(25)33/h5-13H,3-4H2,1-2H3,(H2,24,32)(H2,25,33)(H2,26,27,28,29). The molecule has 0 saturated heterocycles. The van der Waals surface area contributed by atoms with Crippen LogP contribution in [-0.2, 0) is 0 Å². The van der Waals surface area contributed by atoms with Gasteiger partial charge in [0.1, 0.15) is 0 Å². The average molecular weight is 452 g/mol. The third-order valence-corrected chi connectivity index (χ3v) is 4.74. The van der Waals surface area contributed by atoms with Crippen molar-refractivity contribution in [2.75, 3.05) is 33.5 Å². The van der Waals surface area contributed by atoms with Gasteiger partial charge in [0.05, 0.1) is 6.20 Å². The number of carbonyl (C=O) groups is 2. The molecule has 11 heteroatoms. The van der Waals surface area contributed by atoms with Crippen molar-refractivity contribution < 1.29 is 14.0 Å². The van der Waals surface area contributed by atoms with E-state index in [0.29, 0.717) is 35.8 Å². The summed E-state index contributed by atoms with van der Waals surface area (Å²) in [6, 6.07) is 12.6. The van der Waals surface area contributed by atoms with E-state index >= 15 is 0 Å². The van der Waals surface area contributed by atoms with Gasteiger partial charge < -0.3 is 22.1 Å². The summed E-state index contributed by atoms with van der Waals surface area (Å²) in [6.07, 6.45) is 1.04. The lowest BCUT2D eigenvalue weighted by Gasteiger charge is -2.19. The second kappa shape index (κ2) is 10.3. The lowest BCUT2D eigenvalue weighted by molar-refractivity contribution is 0.253. The van der Waals surface area contributed by atoms with Crippen LogP contribution in [0.5, 0.6) is 0 Å². The molecule has 0 bridgehead atoms. The monoisotopic (exact) mass is 452 g/mol. The minimum atomic E-state index is -0.659. The number of benzene rings is 2. The van der Waals surface area contributed by atoms with E-state index < -0.39 is 17.9 Å². The SMILES string of the molecule is CCN(C(N)=O)c1cccc(Nc2ncc(F)c(Nc3cccc(N(CC)C(N)=O)c3)n2)c1. The molecule has 0 spiro atoms. The summed E-state index contributed by atoms with van der Waals surface area (Å²) in [6.45, 7) is 4.40. The van der Waals surface area contributed by atoms with Gasteiger partial charge in [-0.3, -0.25) is 9.80 Å². The van der Waals surface area contributed by atoms with Crippen molar-refractivity contribution in [3.8, 4) is 0 Å². The number of hydrogen-bond acceptors (Lipinski definition) is 6. The van der Waals surface area contributed by atoms with Crippen LogP contribution in [0.25, 0.3) is 0 Å². The van der Waals surface area contributed by atoms with E-state index in [1.807, 2.05) is 6.92 Å². The van der Waals surface area contributed by atoms with Gasteiger partial charge in [0, 0.05) is 35.8 Å². The summed E-state index contributed by atoms with van der Waals surface area (Å²) >= 11 is 0. The molecule has 6 N–H and O–H groups in total. The van der Waals surface area contributed by atoms with Gasteiger partial charge in [0.25, 0.3) is 0 Å². The molecule has 1 heterocycles. The van der Waals surface area contributed by atoms with Crippen LogP contribution in [0.3, 0.4) is 0 Å². The van der Waals surface area contributed by atoms with Gasteiger partial charge in [-0.05, 0) is 50.2 Å². The summed E-state index contributed by atoms with van der Waals surface area (Å²) in [7, 11) is 0. The van der Waals surface area contributed by atoms with Gasteiger partial charge in [-0.2, -0.15) is 4.98 Å². The fraction of sp³-hybridized carbons (Fsp3) is 0.182. The highest BCUT2D eigenvalue weighted by Gasteiger charge is 2.13. The smallest absolute Gasteiger partial charge is 0.319 e. The molecule has 0 aliphatic carbocycles. The number of amides is 4. The predicted octanol–water partition coefficient (Wildman–Crippen LogP) is 3.91. The molecular formula is C22H25FN8O2. The second-order valence-electron chi connectivity index (χ2n) is 6.91. The van der Waals surface area contributed by atoms with E-state index in [-0.39, 0.29) is 11.8 Å². The number of nitrogens with zero attached hydrogens (tertiary/aromatic N) is 4. The first kappa shape index (κ1) is 23.3. The summed E-state index contributed by atoms with van der Waals surface area (Å²) in [5, 5.41) is 5.89. The van der Waals surface area contributed by atoms with Crippen molar-refractivity contribution in [3.05, 3.63) is 60.5 Å². The Balaban J connectivity index is 1.83. The molecule has 0 atom stereocenters. The fourth-order valence-corrected chi connectivity index (χ4v) is 3.22. The summed E-state index contributed by atoms with van der Waals surface area (Å²) in [5.74, 6) is -0.579. The van der Waals surface area contributed by atoms with Crippen LogP contribution in [-0.4, -0.2) is 35.1 Å². The van der Waals surface area contributed by atoms with E-state index in [2.05, 4.69) is 20.6 Å². The lowest BCUT2D eigenvalue weighted by Crippen LogP contribution is -2.35. The van der Waals surface area contributed by atoms with Gasteiger partial charge in [-0.15, -0.1) is 0 Å². The quantitative estimate of drug-likeness (QED) is 0.408. The van der Waals surface area contributed by atoms with E-state index in [4.69, 9.17) is 11.5 Å². The van der Waals surface area contributed by atoms with Crippen molar-refractivity contribution >= 4 is 46.6 Å². The normalized spacial score (nSPS) is 10.4. The van der Waals surface area contributed by atoms with Crippen molar-refractivity contribution in [1.82, 2.24) is 9.97 Å². The molecule has 3 aromatic rings. The molecule has 0 fully saturated rings. The Morgan fingerprint density at radius 3 is 1.91 bits per heavy atom. The number of primary amides is 2. The molecule has 0 aliphatic rings. The van der Waals surface area contributed by atoms with E-state index in [9.17, 15) is 14.0 Å². The minimum absolute atomic E-state index is 0.0600. The first-order valence-corrected chi connectivity index (χ1v) is 10.2. The number of anilines is 6. The van der Waals surface area contributed by atoms with E-state index in [1.54, 1.807) is 55.5 Å². The molecule has 0 unspecified atom stereocenters. The Labute approximate surface area is 190 Å². The lowest BCUT2D eigenvalue weighted by atomic mass is 10.2. The van der Waals surface area contributed by atoms with E-state index in [0.717, 1.165) is 6.20 Å². The molecule has 172 valence electrons. The first-order chi connectivity index (χ1) is 15.8. The van der Waals surface area contributed by atoms with Gasteiger partial charge in [-0.1, -0.05) is 12.1 Å². The molecular weight excluding hydrogens is 427 g/mol. The van der Waals surface area contributed by atoms with Gasteiger partial charge >= 0.3 is 12.1 Å². The fourth-order valence-electron chi connectivity index (χ4n) is 3.22. The largest absolute Gasteiger partial charge is 0.351 e. The number of nitrogens with two attached hydrogens (primary N) is 2. The number of aromatic nitrogens is 2. The van der Waals surface area contributed by atoms with E-state index in [1.165, 1.54) is 9.80 Å². The summed E-state index contributed by atoms with van der Waals surface area (Å²) in [5.41, 5.74) is 13.1. The van der Waals surface area contributed by atoms with Crippen LogP contribution in [0.4, 0.5) is 48.5 Å². The number of halogens is 1. The number of hydrogen-bond donors (Lipinski definition) is 4. The molecule has 1 aromatic heterocycles. The van der Waals surface area contributed by atoms with Crippen LogP contribution in [0.1, 0.15) is 13.8 Å². The highest BCUT2D eigenvalue weighted by Crippen LogP contribution is 2.25. The zero-order valence-corrected chi connectivity index (χ0v) is 18.2. The topological polar surface area (TPSA) is 142 Å². The van der Waals surface area contributed by atoms with Crippen LogP contribution in [0.2, 0.25) is 0 Å². The number of carbonyl (C=O) groups excluding carboxylic acids is 2. The highest BCUT2D eigenvalue weighted by atomic mass is 19.1. The molecule has 0 radical (unpaired) electrons. The number of rotatable bonds is 8. The molecule has 0 saturated carbocycles. The van der Waals surface area contributed by atoms with Crippen molar-refractivity contribution in [2.24, 2.45) is 11.5 Å². The van der Waals surface area contributed by atoms with Crippen LogP contribution in [0, 0.1) is 5.82 Å². The third-order valence-electron chi connectivity index (χ3n) is 4.74. The zero-order chi connectivity index (χ0) is 24.0. The average Bonchev–Trinajstić information content (AvgIpc) is 2.77. The summed E-state index contributed by atoms with van der Waals surface area (Å²) < 4.78 is 14.4. The summed E-state index contributed by atoms with van der Waals surface area (Å²) in [4.78, 5) is 34.2. The molecule has 3 rings (SSSR count). The molecule has 0 aliphatic heterocycles. The molecule has 33 heavy (non-hydrogen) atoms. The van der Waals surface area contributed by atoms with Crippen molar-refractivity contribution in [1.29, 1.82) is 0 Å². The maximum Gasteiger partial charge on any atom is 0.319 e. The third kappa shape index (κ3) is 5.64. The van der Waals surface area contributed by atoms with Crippen LogP contribution in [0.15, 0.2) is 54.7 Å². The van der Waals surface area contributed by atoms with Gasteiger partial charge in [0.2, 0.25) is 5.95 Å². The maximum absolute atomic E-state index is 14.4. The van der Waals surface area contributed by atoms with Crippen LogP contribution < -0.4 is 31.9 Å². The Kier molecular flexibility index (Phi) is 7.24. The number of nitrogens with one attached hydrogen (secondary N) is 2. The molecule has 10 nitrogen and oxygen atoms in total. The molecule has 2 aromatic carbocycles. The van der Waals surface area contributed by atoms with Gasteiger partial charge in [-0.25, -0.2) is 19.0 Å². The van der Waals surface area contributed by atoms with Crippen molar-refractivity contribution in [2.45, 2.75) is 13.8 Å². The Bertz CT molecular complexity index is 1160. The zero-order valence-electron chi connectivity index (χ0n) is 18.2. The predicted molar refractivity (Wildman–Crippen MR) is 127 cm³/mol. The second-order valence-corrected chi connectivity index (χ2v) is 6.91.